The minimum absolute atomic E-state index is 0.0447. The van der Waals surface area contributed by atoms with E-state index in [9.17, 15) is 4.79 Å². The molecule has 2 heterocycles. The predicted octanol–water partition coefficient (Wildman–Crippen LogP) is 1.82. The summed E-state index contributed by atoms with van der Waals surface area (Å²) in [5, 5.41) is 5.23. The van der Waals surface area contributed by atoms with Crippen LogP contribution < -0.4 is 5.73 Å². The molecule has 1 aliphatic heterocycles. The molecule has 0 saturated carbocycles. The molecule has 0 unspecified atom stereocenters. The largest absolute Gasteiger partial charge is 0.367 e. The van der Waals surface area contributed by atoms with Crippen LogP contribution in [0.3, 0.4) is 0 Å². The van der Waals surface area contributed by atoms with Gasteiger partial charge in [-0.05, 0) is 13.0 Å². The minimum atomic E-state index is -0.575. The number of carbonyl (C=O) groups is 1. The average Bonchev–Trinajstić information content (AvgIpc) is 2.87. The Kier molecular flexibility index (Phi) is 4.89. The lowest BCUT2D eigenvalue weighted by Crippen LogP contribution is -2.51. The number of hydrogen-bond acceptors (Lipinski definition) is 4. The molecule has 1 amide bonds. The molecule has 1 aromatic heterocycles. The van der Waals surface area contributed by atoms with Crippen molar-refractivity contribution in [3.8, 4) is 11.3 Å². The van der Waals surface area contributed by atoms with Crippen LogP contribution in [-0.4, -0.2) is 45.9 Å². The van der Waals surface area contributed by atoms with Crippen LogP contribution in [0.2, 0.25) is 5.02 Å². The van der Waals surface area contributed by atoms with Gasteiger partial charge in [-0.2, -0.15) is 5.10 Å². The molecule has 2 atom stereocenters. The summed E-state index contributed by atoms with van der Waals surface area (Å²) in [7, 11) is 1.89. The molecule has 0 radical (unpaired) electrons. The number of benzene rings is 1. The highest BCUT2D eigenvalue weighted by Crippen LogP contribution is 2.30. The van der Waals surface area contributed by atoms with Gasteiger partial charge in [-0.1, -0.05) is 29.8 Å². The Labute approximate surface area is 146 Å². The number of primary amides is 1. The van der Waals surface area contributed by atoms with Gasteiger partial charge in [0.25, 0.3) is 0 Å². The first-order valence-corrected chi connectivity index (χ1v) is 8.26. The van der Waals surface area contributed by atoms with Crippen LogP contribution in [0.1, 0.15) is 12.5 Å². The fraction of sp³-hybridized carbons (Fsp3) is 0.412. The number of aromatic nitrogens is 2. The monoisotopic (exact) mass is 348 g/mol. The Morgan fingerprint density at radius 1 is 1.42 bits per heavy atom. The van der Waals surface area contributed by atoms with Crippen molar-refractivity contribution in [3.05, 3.63) is 41.0 Å². The van der Waals surface area contributed by atoms with Gasteiger partial charge in [-0.15, -0.1) is 0 Å². The highest BCUT2D eigenvalue weighted by Gasteiger charge is 2.29. The number of ether oxygens (including phenoxy) is 1. The highest BCUT2D eigenvalue weighted by atomic mass is 35.5. The van der Waals surface area contributed by atoms with Crippen molar-refractivity contribution in [2.75, 3.05) is 13.1 Å². The predicted molar refractivity (Wildman–Crippen MR) is 92.5 cm³/mol. The summed E-state index contributed by atoms with van der Waals surface area (Å²) >= 11 is 6.33. The summed E-state index contributed by atoms with van der Waals surface area (Å²) < 4.78 is 7.38. The zero-order chi connectivity index (χ0) is 17.3. The Morgan fingerprint density at radius 2 is 2.17 bits per heavy atom. The lowest BCUT2D eigenvalue weighted by atomic mass is 10.1. The topological polar surface area (TPSA) is 73.4 Å². The van der Waals surface area contributed by atoms with E-state index in [2.05, 4.69) is 10.00 Å². The smallest absolute Gasteiger partial charge is 0.247 e. The van der Waals surface area contributed by atoms with Crippen molar-refractivity contribution in [2.45, 2.75) is 25.7 Å². The molecule has 0 bridgehead atoms. The third-order valence-electron chi connectivity index (χ3n) is 4.08. The lowest BCUT2D eigenvalue weighted by molar-refractivity contribution is -0.142. The van der Waals surface area contributed by atoms with Gasteiger partial charge in [-0.25, -0.2) is 0 Å². The van der Waals surface area contributed by atoms with Gasteiger partial charge in [0, 0.05) is 44.0 Å². The number of hydrogen-bond donors (Lipinski definition) is 1. The third-order valence-corrected chi connectivity index (χ3v) is 4.41. The Morgan fingerprint density at radius 3 is 2.88 bits per heavy atom. The molecule has 1 aliphatic rings. The molecular formula is C17H21ClN4O2. The van der Waals surface area contributed by atoms with Crippen LogP contribution in [0.5, 0.6) is 0 Å². The number of morpholine rings is 1. The first-order chi connectivity index (χ1) is 11.4. The van der Waals surface area contributed by atoms with E-state index < -0.39 is 12.0 Å². The molecule has 6 nitrogen and oxygen atoms in total. The number of nitrogens with zero attached hydrogens (tertiary/aromatic N) is 3. The number of rotatable bonds is 4. The number of halogens is 1. The van der Waals surface area contributed by atoms with Crippen molar-refractivity contribution in [1.82, 2.24) is 14.7 Å². The van der Waals surface area contributed by atoms with Crippen LogP contribution in [0.15, 0.2) is 30.5 Å². The third kappa shape index (κ3) is 3.61. The van der Waals surface area contributed by atoms with Crippen LogP contribution in [0.25, 0.3) is 11.3 Å². The van der Waals surface area contributed by atoms with Gasteiger partial charge in [-0.3, -0.25) is 14.4 Å². The van der Waals surface area contributed by atoms with E-state index in [0.29, 0.717) is 18.1 Å². The van der Waals surface area contributed by atoms with E-state index >= 15 is 0 Å². The normalized spacial score (nSPS) is 21.8. The van der Waals surface area contributed by atoms with Crippen molar-refractivity contribution >= 4 is 17.5 Å². The van der Waals surface area contributed by atoms with Gasteiger partial charge in [0.15, 0.2) is 0 Å². The van der Waals surface area contributed by atoms with Crippen LogP contribution in [0.4, 0.5) is 0 Å². The maximum Gasteiger partial charge on any atom is 0.247 e. The van der Waals surface area contributed by atoms with Crippen LogP contribution in [-0.2, 0) is 23.1 Å². The molecule has 128 valence electrons. The summed E-state index contributed by atoms with van der Waals surface area (Å²) in [6, 6.07) is 7.66. The molecule has 7 heteroatoms. The summed E-state index contributed by atoms with van der Waals surface area (Å²) in [5.74, 6) is -0.427. The van der Waals surface area contributed by atoms with E-state index in [0.717, 1.165) is 23.4 Å². The summed E-state index contributed by atoms with van der Waals surface area (Å²) in [6.45, 7) is 3.82. The van der Waals surface area contributed by atoms with Gasteiger partial charge in [0.1, 0.15) is 6.10 Å². The van der Waals surface area contributed by atoms with E-state index in [1.54, 1.807) is 4.68 Å². The van der Waals surface area contributed by atoms with Crippen LogP contribution in [0, 0.1) is 0 Å². The van der Waals surface area contributed by atoms with E-state index in [1.165, 1.54) is 0 Å². The van der Waals surface area contributed by atoms with Gasteiger partial charge < -0.3 is 10.5 Å². The minimum Gasteiger partial charge on any atom is -0.367 e. The second kappa shape index (κ2) is 6.93. The zero-order valence-electron chi connectivity index (χ0n) is 13.8. The summed E-state index contributed by atoms with van der Waals surface area (Å²) in [4.78, 5) is 13.6. The number of aryl methyl sites for hydroxylation is 1. The molecule has 0 spiro atoms. The second-order valence-corrected chi connectivity index (χ2v) is 6.60. The molecule has 3 rings (SSSR count). The Bertz CT molecular complexity index is 746. The quantitative estimate of drug-likeness (QED) is 0.914. The molecule has 1 fully saturated rings. The SMILES string of the molecule is C[C@@H]1CN(Cc2cn(C)nc2-c2ccccc2Cl)C[C@@H](C(N)=O)O1. The summed E-state index contributed by atoms with van der Waals surface area (Å²) in [5.41, 5.74) is 8.23. The van der Waals surface area contributed by atoms with Gasteiger partial charge >= 0.3 is 0 Å². The van der Waals surface area contributed by atoms with Crippen molar-refractivity contribution in [1.29, 1.82) is 0 Å². The van der Waals surface area contributed by atoms with E-state index in [1.807, 2.05) is 44.4 Å². The molecule has 0 aliphatic carbocycles. The standard InChI is InChI=1S/C17H21ClN4O2/c1-11-7-22(10-15(24-11)17(19)23)9-12-8-21(2)20-16(12)13-5-3-4-6-14(13)18/h3-6,8,11,15H,7,9-10H2,1-2H3,(H2,19,23)/t11-,15+/m1/s1. The van der Waals surface area contributed by atoms with E-state index in [-0.39, 0.29) is 6.10 Å². The van der Waals surface area contributed by atoms with Gasteiger partial charge in [0.2, 0.25) is 5.91 Å². The molecule has 1 saturated heterocycles. The average molecular weight is 349 g/mol. The van der Waals surface area contributed by atoms with Crippen molar-refractivity contribution in [3.63, 3.8) is 0 Å². The number of amides is 1. The first-order valence-electron chi connectivity index (χ1n) is 7.88. The molecular weight excluding hydrogens is 328 g/mol. The maximum absolute atomic E-state index is 11.5. The molecule has 2 aromatic rings. The zero-order valence-corrected chi connectivity index (χ0v) is 14.5. The van der Waals surface area contributed by atoms with Gasteiger partial charge in [0.05, 0.1) is 16.8 Å². The van der Waals surface area contributed by atoms with Crippen LogP contribution >= 0.6 is 11.6 Å². The molecule has 1 aromatic carbocycles. The number of carbonyl (C=O) groups excluding carboxylic acids is 1. The Balaban J connectivity index is 1.86. The molecule has 24 heavy (non-hydrogen) atoms. The number of nitrogens with two attached hydrogens (primary N) is 1. The first kappa shape index (κ1) is 17.0. The maximum atomic E-state index is 11.5. The summed E-state index contributed by atoms with van der Waals surface area (Å²) in [6.07, 6.45) is 1.36. The van der Waals surface area contributed by atoms with Crippen molar-refractivity contribution < 1.29 is 9.53 Å². The highest BCUT2D eigenvalue weighted by molar-refractivity contribution is 6.33. The fourth-order valence-electron chi connectivity index (χ4n) is 3.10. The fourth-order valence-corrected chi connectivity index (χ4v) is 3.32. The Hall–Kier alpha value is -1.89. The second-order valence-electron chi connectivity index (χ2n) is 6.19. The van der Waals surface area contributed by atoms with E-state index in [4.69, 9.17) is 22.1 Å². The van der Waals surface area contributed by atoms with Crippen molar-refractivity contribution in [2.24, 2.45) is 12.8 Å². The lowest BCUT2D eigenvalue weighted by Gasteiger charge is -2.35. The molecule has 2 N–H and O–H groups in total.